The van der Waals surface area contributed by atoms with Crippen molar-refractivity contribution in [3.05, 3.63) is 59.2 Å². The molecule has 0 unspecified atom stereocenters. The van der Waals surface area contributed by atoms with Crippen LogP contribution in [0.25, 0.3) is 11.1 Å². The van der Waals surface area contributed by atoms with Gasteiger partial charge >= 0.3 is 5.97 Å². The van der Waals surface area contributed by atoms with Crippen molar-refractivity contribution in [2.75, 3.05) is 7.11 Å². The smallest absolute Gasteiger partial charge is 0.338 e. The Morgan fingerprint density at radius 2 is 1.60 bits per heavy atom. The van der Waals surface area contributed by atoms with Crippen molar-refractivity contribution in [1.82, 2.24) is 0 Å². The molecule has 20 heavy (non-hydrogen) atoms. The van der Waals surface area contributed by atoms with Gasteiger partial charge in [0.15, 0.2) is 0 Å². The number of hydrogen-bond acceptors (Lipinski definition) is 2. The molecular formula is C16H14Br2O2. The maximum atomic E-state index is 12.0. The molecule has 0 amide bonds. The van der Waals surface area contributed by atoms with E-state index in [-0.39, 0.29) is 5.97 Å². The number of carbonyl (C=O) groups is 1. The Hall–Kier alpha value is -1.13. The predicted molar refractivity (Wildman–Crippen MR) is 88.5 cm³/mol. The molecule has 0 heterocycles. The molecule has 2 aromatic rings. The third-order valence-electron chi connectivity index (χ3n) is 3.06. The van der Waals surface area contributed by atoms with Gasteiger partial charge in [-0.25, -0.2) is 4.79 Å². The van der Waals surface area contributed by atoms with E-state index in [0.29, 0.717) is 10.9 Å². The Morgan fingerprint density at radius 3 is 2.15 bits per heavy atom. The zero-order valence-corrected chi connectivity index (χ0v) is 14.2. The van der Waals surface area contributed by atoms with Gasteiger partial charge in [0, 0.05) is 10.7 Å². The summed E-state index contributed by atoms with van der Waals surface area (Å²) >= 11 is 6.83. The highest BCUT2D eigenvalue weighted by Gasteiger charge is 2.14. The third kappa shape index (κ3) is 3.30. The van der Waals surface area contributed by atoms with Crippen molar-refractivity contribution in [3.63, 3.8) is 0 Å². The fraction of sp³-hybridized carbons (Fsp3) is 0.188. The summed E-state index contributed by atoms with van der Waals surface area (Å²) in [6.45, 7) is 0. The molecule has 2 aromatic carbocycles. The van der Waals surface area contributed by atoms with E-state index < -0.39 is 0 Å². The lowest BCUT2D eigenvalue weighted by atomic mass is 9.97. The van der Waals surface area contributed by atoms with Gasteiger partial charge in [-0.3, -0.25) is 0 Å². The number of halogens is 2. The van der Waals surface area contributed by atoms with Gasteiger partial charge in [0.05, 0.1) is 12.7 Å². The van der Waals surface area contributed by atoms with Crippen LogP contribution in [-0.2, 0) is 15.4 Å². The van der Waals surface area contributed by atoms with Gasteiger partial charge in [0.1, 0.15) is 0 Å². The Morgan fingerprint density at radius 1 is 1.00 bits per heavy atom. The summed E-state index contributed by atoms with van der Waals surface area (Å²) in [7, 11) is 1.40. The van der Waals surface area contributed by atoms with E-state index >= 15 is 0 Å². The van der Waals surface area contributed by atoms with Gasteiger partial charge in [-0.05, 0) is 28.3 Å². The minimum absolute atomic E-state index is 0.313. The van der Waals surface area contributed by atoms with E-state index in [2.05, 4.69) is 31.9 Å². The Bertz CT molecular complexity index is 606. The van der Waals surface area contributed by atoms with Crippen LogP contribution < -0.4 is 0 Å². The topological polar surface area (TPSA) is 26.3 Å². The standard InChI is InChI=1S/C16H14Br2O2/c1-20-16(19)15-8-12(10-18)4-7-14(15)13-5-2-11(9-17)3-6-13/h2-8H,9-10H2,1H3. The molecule has 0 fully saturated rings. The van der Waals surface area contributed by atoms with E-state index in [9.17, 15) is 4.79 Å². The second kappa shape index (κ2) is 7.04. The van der Waals surface area contributed by atoms with Crippen molar-refractivity contribution < 1.29 is 9.53 Å². The lowest BCUT2D eigenvalue weighted by Gasteiger charge is -2.10. The average Bonchev–Trinajstić information content (AvgIpc) is 2.53. The van der Waals surface area contributed by atoms with E-state index in [1.165, 1.54) is 12.7 Å². The number of rotatable bonds is 4. The summed E-state index contributed by atoms with van der Waals surface area (Å²) in [5.41, 5.74) is 4.74. The molecule has 0 aromatic heterocycles. The first-order valence-electron chi connectivity index (χ1n) is 6.12. The number of hydrogen-bond donors (Lipinski definition) is 0. The first kappa shape index (κ1) is 15.3. The summed E-state index contributed by atoms with van der Waals surface area (Å²) in [5.74, 6) is -0.313. The fourth-order valence-corrected chi connectivity index (χ4v) is 2.70. The third-order valence-corrected chi connectivity index (χ3v) is 4.36. The predicted octanol–water partition coefficient (Wildman–Crippen LogP) is 4.93. The zero-order chi connectivity index (χ0) is 14.5. The van der Waals surface area contributed by atoms with Crippen LogP contribution in [0.5, 0.6) is 0 Å². The minimum atomic E-state index is -0.313. The first-order valence-corrected chi connectivity index (χ1v) is 8.36. The summed E-state index contributed by atoms with van der Waals surface area (Å²) in [5, 5.41) is 1.53. The van der Waals surface area contributed by atoms with Gasteiger partial charge in [-0.2, -0.15) is 0 Å². The van der Waals surface area contributed by atoms with Crippen LogP contribution in [0.2, 0.25) is 0 Å². The molecule has 0 spiro atoms. The Balaban J connectivity index is 2.51. The van der Waals surface area contributed by atoms with Gasteiger partial charge in [0.2, 0.25) is 0 Å². The molecule has 0 aliphatic carbocycles. The maximum Gasteiger partial charge on any atom is 0.338 e. The Labute approximate surface area is 135 Å². The van der Waals surface area contributed by atoms with E-state index in [1.54, 1.807) is 0 Å². The summed E-state index contributed by atoms with van der Waals surface area (Å²) in [6, 6.07) is 14.0. The van der Waals surface area contributed by atoms with Crippen LogP contribution in [0.1, 0.15) is 21.5 Å². The van der Waals surface area contributed by atoms with Gasteiger partial charge in [0.25, 0.3) is 0 Å². The molecule has 104 valence electrons. The van der Waals surface area contributed by atoms with Crippen LogP contribution >= 0.6 is 31.9 Å². The van der Waals surface area contributed by atoms with E-state index in [0.717, 1.165) is 22.0 Å². The lowest BCUT2D eigenvalue weighted by molar-refractivity contribution is 0.0601. The molecule has 0 N–H and O–H groups in total. The highest BCUT2D eigenvalue weighted by molar-refractivity contribution is 9.08. The number of methoxy groups -OCH3 is 1. The van der Waals surface area contributed by atoms with Crippen LogP contribution in [0.4, 0.5) is 0 Å². The van der Waals surface area contributed by atoms with Crippen LogP contribution in [-0.4, -0.2) is 13.1 Å². The van der Waals surface area contributed by atoms with Gasteiger partial charge in [-0.1, -0.05) is 68.3 Å². The molecule has 0 radical (unpaired) electrons. The Kier molecular flexibility index (Phi) is 5.38. The van der Waals surface area contributed by atoms with Gasteiger partial charge in [-0.15, -0.1) is 0 Å². The van der Waals surface area contributed by atoms with Crippen molar-refractivity contribution >= 4 is 37.8 Å². The fourth-order valence-electron chi connectivity index (χ4n) is 1.98. The van der Waals surface area contributed by atoms with Crippen LogP contribution in [0, 0.1) is 0 Å². The lowest BCUT2D eigenvalue weighted by Crippen LogP contribution is -2.04. The summed E-state index contributed by atoms with van der Waals surface area (Å²) in [4.78, 5) is 12.0. The van der Waals surface area contributed by atoms with E-state index in [4.69, 9.17) is 4.74 Å². The zero-order valence-electron chi connectivity index (χ0n) is 11.0. The number of esters is 1. The minimum Gasteiger partial charge on any atom is -0.465 e. The van der Waals surface area contributed by atoms with Crippen LogP contribution in [0.3, 0.4) is 0 Å². The molecule has 0 saturated carbocycles. The molecule has 2 nitrogen and oxygen atoms in total. The van der Waals surface area contributed by atoms with Crippen LogP contribution in [0.15, 0.2) is 42.5 Å². The molecule has 0 atom stereocenters. The first-order chi connectivity index (χ1) is 9.69. The molecule has 4 heteroatoms. The quantitative estimate of drug-likeness (QED) is 0.540. The normalized spacial score (nSPS) is 10.3. The molecule has 2 rings (SSSR count). The number of benzene rings is 2. The number of ether oxygens (including phenoxy) is 1. The molecule has 0 aliphatic rings. The molecular weight excluding hydrogens is 384 g/mol. The largest absolute Gasteiger partial charge is 0.465 e. The number of alkyl halides is 2. The molecule has 0 aliphatic heterocycles. The van der Waals surface area contributed by atoms with Crippen molar-refractivity contribution in [2.45, 2.75) is 10.7 Å². The molecule has 0 bridgehead atoms. The summed E-state index contributed by atoms with van der Waals surface area (Å²) < 4.78 is 4.88. The average molecular weight is 398 g/mol. The monoisotopic (exact) mass is 396 g/mol. The van der Waals surface area contributed by atoms with E-state index in [1.807, 2.05) is 42.5 Å². The van der Waals surface area contributed by atoms with Crippen molar-refractivity contribution in [1.29, 1.82) is 0 Å². The van der Waals surface area contributed by atoms with Crippen molar-refractivity contribution in [2.24, 2.45) is 0 Å². The van der Waals surface area contributed by atoms with Crippen molar-refractivity contribution in [3.8, 4) is 11.1 Å². The highest BCUT2D eigenvalue weighted by atomic mass is 79.9. The second-order valence-electron chi connectivity index (χ2n) is 4.34. The molecule has 0 saturated heterocycles. The summed E-state index contributed by atoms with van der Waals surface area (Å²) in [6.07, 6.45) is 0. The van der Waals surface area contributed by atoms with Gasteiger partial charge < -0.3 is 4.74 Å². The number of carbonyl (C=O) groups excluding carboxylic acids is 1. The SMILES string of the molecule is COC(=O)c1cc(CBr)ccc1-c1ccc(CBr)cc1. The second-order valence-corrected chi connectivity index (χ2v) is 5.46. The maximum absolute atomic E-state index is 12.0. The highest BCUT2D eigenvalue weighted by Crippen LogP contribution is 2.27.